The Kier molecular flexibility index (Phi) is 7.02. The Balaban J connectivity index is 1.52. The molecule has 0 saturated carbocycles. The molecule has 3 aromatic carbocycles. The molecule has 5 heteroatoms. The van der Waals surface area contributed by atoms with Crippen molar-refractivity contribution >= 4 is 18.1 Å². The summed E-state index contributed by atoms with van der Waals surface area (Å²) >= 11 is 0. The van der Waals surface area contributed by atoms with Crippen LogP contribution in [0.15, 0.2) is 66.7 Å². The first-order valence-corrected chi connectivity index (χ1v) is 11.2. The summed E-state index contributed by atoms with van der Waals surface area (Å²) in [5.41, 5.74) is 5.59. The standard InChI is InChI=1S/C28H28FNO3/c1-19-21(9-5-10-24(19)22-7-3-2-4-8-22)14-15-23-13-12-20(17-25(23)29)18-30-16-6-11-26(31)27(30)28(32)33/h2-5,7-10,12-15,17,26-27,31H,6,11,16,18H2,1H3,(H,32,33)/b15-14+. The van der Waals surface area contributed by atoms with E-state index in [0.29, 0.717) is 24.1 Å². The number of likely N-dealkylation sites (tertiary alicyclic amines) is 1. The maximum atomic E-state index is 14.8. The van der Waals surface area contributed by atoms with E-state index in [-0.39, 0.29) is 12.4 Å². The Labute approximate surface area is 193 Å². The second kappa shape index (κ2) is 10.1. The Morgan fingerprint density at radius 2 is 1.82 bits per heavy atom. The minimum absolute atomic E-state index is 0.285. The maximum Gasteiger partial charge on any atom is 0.323 e. The van der Waals surface area contributed by atoms with Crippen molar-refractivity contribution in [1.82, 2.24) is 4.90 Å². The van der Waals surface area contributed by atoms with Gasteiger partial charge in [0.05, 0.1) is 6.10 Å². The van der Waals surface area contributed by atoms with Crippen LogP contribution in [-0.4, -0.2) is 39.8 Å². The second-order valence-electron chi connectivity index (χ2n) is 8.54. The molecule has 4 nitrogen and oxygen atoms in total. The summed E-state index contributed by atoms with van der Waals surface area (Å²) in [4.78, 5) is 13.3. The summed E-state index contributed by atoms with van der Waals surface area (Å²) in [6.07, 6.45) is 3.96. The lowest BCUT2D eigenvalue weighted by atomic mass is 9.96. The van der Waals surface area contributed by atoms with Crippen molar-refractivity contribution in [1.29, 1.82) is 0 Å². The van der Waals surface area contributed by atoms with Gasteiger partial charge >= 0.3 is 5.97 Å². The summed E-state index contributed by atoms with van der Waals surface area (Å²) in [6, 6.07) is 20.3. The Morgan fingerprint density at radius 3 is 2.55 bits per heavy atom. The summed E-state index contributed by atoms with van der Waals surface area (Å²) < 4.78 is 14.8. The third kappa shape index (κ3) is 5.21. The highest BCUT2D eigenvalue weighted by atomic mass is 19.1. The van der Waals surface area contributed by atoms with Crippen LogP contribution >= 0.6 is 0 Å². The van der Waals surface area contributed by atoms with Gasteiger partial charge in [-0.1, -0.05) is 72.8 Å². The van der Waals surface area contributed by atoms with Gasteiger partial charge in [-0.15, -0.1) is 0 Å². The van der Waals surface area contributed by atoms with Gasteiger partial charge in [0.1, 0.15) is 11.9 Å². The molecule has 0 radical (unpaired) electrons. The Morgan fingerprint density at radius 1 is 1.06 bits per heavy atom. The number of aliphatic hydroxyl groups is 1. The number of aliphatic carboxylic acids is 1. The fourth-order valence-electron chi connectivity index (χ4n) is 4.52. The molecule has 1 fully saturated rings. The molecule has 33 heavy (non-hydrogen) atoms. The van der Waals surface area contributed by atoms with E-state index in [1.54, 1.807) is 17.0 Å². The molecule has 0 aliphatic carbocycles. The predicted octanol–water partition coefficient (Wildman–Crippen LogP) is 5.38. The molecule has 0 bridgehead atoms. The van der Waals surface area contributed by atoms with Gasteiger partial charge in [-0.3, -0.25) is 9.69 Å². The van der Waals surface area contributed by atoms with Gasteiger partial charge in [0, 0.05) is 12.1 Å². The number of piperidine rings is 1. The van der Waals surface area contributed by atoms with Crippen LogP contribution in [0.1, 0.15) is 35.1 Å². The molecular weight excluding hydrogens is 417 g/mol. The van der Waals surface area contributed by atoms with Crippen LogP contribution < -0.4 is 0 Å². The average Bonchev–Trinajstić information content (AvgIpc) is 2.80. The van der Waals surface area contributed by atoms with Gasteiger partial charge in [0.25, 0.3) is 0 Å². The van der Waals surface area contributed by atoms with E-state index in [0.717, 1.165) is 28.7 Å². The molecule has 4 rings (SSSR count). The van der Waals surface area contributed by atoms with Gasteiger partial charge < -0.3 is 10.2 Å². The minimum Gasteiger partial charge on any atom is -0.480 e. The number of aliphatic hydroxyl groups excluding tert-OH is 1. The molecule has 170 valence electrons. The first kappa shape index (κ1) is 22.9. The normalized spacial score (nSPS) is 19.1. The van der Waals surface area contributed by atoms with E-state index in [1.807, 2.05) is 42.5 Å². The van der Waals surface area contributed by atoms with Gasteiger partial charge in [0.15, 0.2) is 0 Å². The van der Waals surface area contributed by atoms with Crippen LogP contribution in [0.25, 0.3) is 23.3 Å². The molecule has 1 aliphatic rings. The van der Waals surface area contributed by atoms with Crippen LogP contribution in [0.4, 0.5) is 4.39 Å². The highest BCUT2D eigenvalue weighted by Gasteiger charge is 2.35. The van der Waals surface area contributed by atoms with E-state index in [2.05, 4.69) is 25.1 Å². The summed E-state index contributed by atoms with van der Waals surface area (Å²) in [6.45, 7) is 2.91. The zero-order valence-corrected chi connectivity index (χ0v) is 18.6. The largest absolute Gasteiger partial charge is 0.480 e. The van der Waals surface area contributed by atoms with Crippen molar-refractivity contribution in [3.05, 3.63) is 94.8 Å². The summed E-state index contributed by atoms with van der Waals surface area (Å²) in [5, 5.41) is 19.5. The number of hydrogen-bond acceptors (Lipinski definition) is 3. The Hall–Kier alpha value is -3.28. The zero-order chi connectivity index (χ0) is 23.4. The number of halogens is 1. The SMILES string of the molecule is Cc1c(/C=C/c2ccc(CN3CCCC(O)C3C(=O)O)cc2F)cccc1-c1ccccc1. The third-order valence-corrected chi connectivity index (χ3v) is 6.31. The Bertz CT molecular complexity index is 1160. The predicted molar refractivity (Wildman–Crippen MR) is 129 cm³/mol. The molecule has 0 spiro atoms. The number of rotatable bonds is 6. The lowest BCUT2D eigenvalue weighted by molar-refractivity contribution is -0.150. The van der Waals surface area contributed by atoms with Crippen molar-refractivity contribution in [2.75, 3.05) is 6.54 Å². The number of benzene rings is 3. The molecule has 1 heterocycles. The smallest absolute Gasteiger partial charge is 0.323 e. The number of nitrogens with zero attached hydrogens (tertiary/aromatic N) is 1. The van der Waals surface area contributed by atoms with Crippen LogP contribution in [-0.2, 0) is 11.3 Å². The highest BCUT2D eigenvalue weighted by Crippen LogP contribution is 2.27. The van der Waals surface area contributed by atoms with Crippen molar-refractivity contribution in [2.24, 2.45) is 0 Å². The molecule has 2 atom stereocenters. The molecule has 2 unspecified atom stereocenters. The van der Waals surface area contributed by atoms with E-state index in [1.165, 1.54) is 6.07 Å². The number of carbonyl (C=O) groups is 1. The summed E-state index contributed by atoms with van der Waals surface area (Å²) in [5.74, 6) is -1.40. The van der Waals surface area contributed by atoms with Gasteiger partial charge in [-0.2, -0.15) is 0 Å². The van der Waals surface area contributed by atoms with Gasteiger partial charge in [-0.25, -0.2) is 4.39 Å². The first-order valence-electron chi connectivity index (χ1n) is 11.2. The van der Waals surface area contributed by atoms with Crippen molar-refractivity contribution in [3.63, 3.8) is 0 Å². The van der Waals surface area contributed by atoms with E-state index >= 15 is 0 Å². The van der Waals surface area contributed by atoms with Crippen molar-refractivity contribution in [2.45, 2.75) is 38.5 Å². The zero-order valence-electron chi connectivity index (χ0n) is 18.6. The lowest BCUT2D eigenvalue weighted by Gasteiger charge is -2.36. The summed E-state index contributed by atoms with van der Waals surface area (Å²) in [7, 11) is 0. The second-order valence-corrected chi connectivity index (χ2v) is 8.54. The highest BCUT2D eigenvalue weighted by molar-refractivity contribution is 5.77. The van der Waals surface area contributed by atoms with E-state index in [9.17, 15) is 19.4 Å². The molecule has 0 aromatic heterocycles. The average molecular weight is 446 g/mol. The number of hydrogen-bond donors (Lipinski definition) is 2. The molecule has 2 N–H and O–H groups in total. The van der Waals surface area contributed by atoms with E-state index < -0.39 is 18.1 Å². The molecular formula is C28H28FNO3. The van der Waals surface area contributed by atoms with Gasteiger partial charge in [-0.05, 0) is 60.2 Å². The number of carboxylic acids is 1. The minimum atomic E-state index is -1.05. The van der Waals surface area contributed by atoms with Crippen molar-refractivity contribution in [3.8, 4) is 11.1 Å². The fraction of sp³-hybridized carbons (Fsp3) is 0.250. The molecule has 0 amide bonds. The molecule has 1 saturated heterocycles. The quantitative estimate of drug-likeness (QED) is 0.500. The maximum absolute atomic E-state index is 14.8. The molecule has 3 aromatic rings. The van der Waals surface area contributed by atoms with Crippen LogP contribution in [0.5, 0.6) is 0 Å². The van der Waals surface area contributed by atoms with Crippen LogP contribution in [0.3, 0.4) is 0 Å². The third-order valence-electron chi connectivity index (χ3n) is 6.31. The van der Waals surface area contributed by atoms with E-state index in [4.69, 9.17) is 0 Å². The van der Waals surface area contributed by atoms with Crippen molar-refractivity contribution < 1.29 is 19.4 Å². The topological polar surface area (TPSA) is 60.8 Å². The van der Waals surface area contributed by atoms with Crippen LogP contribution in [0.2, 0.25) is 0 Å². The van der Waals surface area contributed by atoms with Gasteiger partial charge in [0.2, 0.25) is 0 Å². The fourth-order valence-corrected chi connectivity index (χ4v) is 4.52. The van der Waals surface area contributed by atoms with Crippen LogP contribution in [0, 0.1) is 12.7 Å². The molecule has 1 aliphatic heterocycles. The lowest BCUT2D eigenvalue weighted by Crippen LogP contribution is -2.52. The number of carboxylic acid groups (broad SMARTS) is 1. The monoisotopic (exact) mass is 445 g/mol. The first-order chi connectivity index (χ1) is 15.9.